The maximum atomic E-state index is 9.89. The first kappa shape index (κ1) is 18.9. The van der Waals surface area contributed by atoms with Crippen LogP contribution < -0.4 is 5.32 Å². The van der Waals surface area contributed by atoms with Crippen LogP contribution in [0.2, 0.25) is 0 Å². The lowest BCUT2D eigenvalue weighted by Gasteiger charge is -2.36. The number of rotatable bonds is 11. The van der Waals surface area contributed by atoms with E-state index in [-0.39, 0.29) is 5.54 Å². The van der Waals surface area contributed by atoms with E-state index < -0.39 is 0 Å². The zero-order valence-electron chi connectivity index (χ0n) is 14.8. The van der Waals surface area contributed by atoms with Crippen LogP contribution in [0.15, 0.2) is 0 Å². The summed E-state index contributed by atoms with van der Waals surface area (Å²) in [4.78, 5) is 2.62. The average molecular weight is 299 g/mol. The molecule has 126 valence electrons. The van der Waals surface area contributed by atoms with E-state index in [0.29, 0.717) is 12.5 Å². The van der Waals surface area contributed by atoms with Gasteiger partial charge in [-0.1, -0.05) is 47.0 Å². The molecular weight excluding hydrogens is 260 g/mol. The Balaban J connectivity index is 2.51. The van der Waals surface area contributed by atoms with Crippen molar-refractivity contribution in [1.82, 2.24) is 10.2 Å². The molecule has 0 heterocycles. The second kappa shape index (κ2) is 9.81. The minimum absolute atomic E-state index is 0.00305. The molecule has 0 saturated heterocycles. The van der Waals surface area contributed by atoms with Crippen molar-refractivity contribution in [1.29, 1.82) is 0 Å². The van der Waals surface area contributed by atoms with Gasteiger partial charge in [-0.3, -0.25) is 0 Å². The van der Waals surface area contributed by atoms with Crippen molar-refractivity contribution in [3.05, 3.63) is 0 Å². The number of aliphatic hydroxyl groups is 1. The van der Waals surface area contributed by atoms with Gasteiger partial charge in [0, 0.05) is 12.1 Å². The van der Waals surface area contributed by atoms with Gasteiger partial charge in [0.15, 0.2) is 0 Å². The molecule has 1 aliphatic rings. The summed E-state index contributed by atoms with van der Waals surface area (Å²) in [5, 5.41) is 13.5. The molecule has 0 aromatic carbocycles. The molecule has 0 aromatic rings. The van der Waals surface area contributed by atoms with Crippen molar-refractivity contribution in [2.24, 2.45) is 11.8 Å². The van der Waals surface area contributed by atoms with Gasteiger partial charge in [-0.05, 0) is 50.7 Å². The van der Waals surface area contributed by atoms with E-state index in [1.54, 1.807) is 0 Å². The van der Waals surface area contributed by atoms with E-state index >= 15 is 0 Å². The Bertz CT molecular complexity index is 268. The third-order valence-corrected chi connectivity index (χ3v) is 5.68. The fraction of sp³-hybridized carbons (Fsp3) is 1.00. The fourth-order valence-corrected chi connectivity index (χ4v) is 4.04. The van der Waals surface area contributed by atoms with Crippen molar-refractivity contribution in [3.63, 3.8) is 0 Å². The standard InChI is InChI=1S/C18H38N2O/c1-5-16(6-2)14-20(8-4)13-11-17-10-9-12-18(17,15-21)19-7-3/h16-17,19,21H,5-15H2,1-4H3. The van der Waals surface area contributed by atoms with Gasteiger partial charge in [-0.2, -0.15) is 0 Å². The Labute approximate surface area is 132 Å². The largest absolute Gasteiger partial charge is 0.394 e. The quantitative estimate of drug-likeness (QED) is 0.614. The van der Waals surface area contributed by atoms with Gasteiger partial charge in [0.1, 0.15) is 0 Å². The summed E-state index contributed by atoms with van der Waals surface area (Å²) in [6, 6.07) is 0. The molecule has 3 nitrogen and oxygen atoms in total. The average Bonchev–Trinajstić information content (AvgIpc) is 2.91. The van der Waals surface area contributed by atoms with Crippen molar-refractivity contribution in [2.75, 3.05) is 32.8 Å². The molecule has 2 N–H and O–H groups in total. The number of nitrogens with one attached hydrogen (secondary N) is 1. The Kier molecular flexibility index (Phi) is 8.84. The third kappa shape index (κ3) is 5.22. The van der Waals surface area contributed by atoms with Crippen LogP contribution in [0.25, 0.3) is 0 Å². The predicted molar refractivity (Wildman–Crippen MR) is 91.6 cm³/mol. The highest BCUT2D eigenvalue weighted by atomic mass is 16.3. The molecule has 3 heteroatoms. The Morgan fingerprint density at radius 2 is 1.95 bits per heavy atom. The lowest BCUT2D eigenvalue weighted by molar-refractivity contribution is 0.110. The molecule has 0 amide bonds. The molecule has 0 aromatic heterocycles. The second-order valence-electron chi connectivity index (χ2n) is 6.80. The molecular formula is C18H38N2O. The molecule has 1 fully saturated rings. The van der Waals surface area contributed by atoms with Gasteiger partial charge in [0.25, 0.3) is 0 Å². The SMILES string of the molecule is CCNC1(CO)CCCC1CCN(CC)CC(CC)CC. The van der Waals surface area contributed by atoms with Crippen LogP contribution in [0.1, 0.15) is 66.2 Å². The maximum Gasteiger partial charge on any atom is 0.0616 e. The van der Waals surface area contributed by atoms with Gasteiger partial charge >= 0.3 is 0 Å². The van der Waals surface area contributed by atoms with E-state index in [4.69, 9.17) is 0 Å². The third-order valence-electron chi connectivity index (χ3n) is 5.68. The maximum absolute atomic E-state index is 9.89. The zero-order chi connectivity index (χ0) is 15.7. The number of nitrogens with zero attached hydrogens (tertiary/aromatic N) is 1. The summed E-state index contributed by atoms with van der Waals surface area (Å²) in [5.74, 6) is 1.48. The summed E-state index contributed by atoms with van der Waals surface area (Å²) in [7, 11) is 0. The summed E-state index contributed by atoms with van der Waals surface area (Å²) < 4.78 is 0. The smallest absolute Gasteiger partial charge is 0.0616 e. The lowest BCUT2D eigenvalue weighted by Crippen LogP contribution is -2.52. The summed E-state index contributed by atoms with van der Waals surface area (Å²) in [6.07, 6.45) is 7.47. The molecule has 1 aliphatic carbocycles. The topological polar surface area (TPSA) is 35.5 Å². The Morgan fingerprint density at radius 3 is 2.48 bits per heavy atom. The van der Waals surface area contributed by atoms with Gasteiger partial charge in [-0.25, -0.2) is 0 Å². The van der Waals surface area contributed by atoms with Crippen LogP contribution in [-0.4, -0.2) is 48.3 Å². The van der Waals surface area contributed by atoms with Crippen LogP contribution in [0.5, 0.6) is 0 Å². The van der Waals surface area contributed by atoms with Gasteiger partial charge in [-0.15, -0.1) is 0 Å². The molecule has 21 heavy (non-hydrogen) atoms. The van der Waals surface area contributed by atoms with Crippen molar-refractivity contribution in [2.45, 2.75) is 71.8 Å². The number of aliphatic hydroxyl groups excluding tert-OH is 1. The first-order valence-corrected chi connectivity index (χ1v) is 9.23. The van der Waals surface area contributed by atoms with Gasteiger partial charge < -0.3 is 15.3 Å². The van der Waals surface area contributed by atoms with Crippen LogP contribution in [-0.2, 0) is 0 Å². The van der Waals surface area contributed by atoms with Crippen molar-refractivity contribution in [3.8, 4) is 0 Å². The Hall–Kier alpha value is -0.120. The van der Waals surface area contributed by atoms with Crippen molar-refractivity contribution < 1.29 is 5.11 Å². The van der Waals surface area contributed by atoms with Crippen LogP contribution in [0, 0.1) is 11.8 Å². The second-order valence-corrected chi connectivity index (χ2v) is 6.80. The first-order chi connectivity index (χ1) is 10.2. The number of likely N-dealkylation sites (N-methyl/N-ethyl adjacent to an activating group) is 1. The van der Waals surface area contributed by atoms with E-state index in [9.17, 15) is 5.11 Å². The Morgan fingerprint density at radius 1 is 1.24 bits per heavy atom. The van der Waals surface area contributed by atoms with Crippen LogP contribution in [0.4, 0.5) is 0 Å². The van der Waals surface area contributed by atoms with Gasteiger partial charge in [0.2, 0.25) is 0 Å². The highest BCUT2D eigenvalue weighted by Gasteiger charge is 2.41. The number of hydrogen-bond donors (Lipinski definition) is 2. The minimum atomic E-state index is 0.00305. The number of hydrogen-bond acceptors (Lipinski definition) is 3. The summed E-state index contributed by atoms with van der Waals surface area (Å²) >= 11 is 0. The molecule has 0 spiro atoms. The van der Waals surface area contributed by atoms with E-state index in [1.165, 1.54) is 45.2 Å². The highest BCUT2D eigenvalue weighted by molar-refractivity contribution is 4.98. The summed E-state index contributed by atoms with van der Waals surface area (Å²) in [5.41, 5.74) is 0.00305. The first-order valence-electron chi connectivity index (χ1n) is 9.23. The highest BCUT2D eigenvalue weighted by Crippen LogP contribution is 2.37. The zero-order valence-corrected chi connectivity index (χ0v) is 14.8. The predicted octanol–water partition coefficient (Wildman–Crippen LogP) is 3.28. The lowest BCUT2D eigenvalue weighted by atomic mass is 9.85. The molecule has 2 unspecified atom stereocenters. The molecule has 1 saturated carbocycles. The molecule has 0 bridgehead atoms. The fourth-order valence-electron chi connectivity index (χ4n) is 4.04. The molecule has 0 radical (unpaired) electrons. The van der Waals surface area contributed by atoms with E-state index in [0.717, 1.165) is 25.4 Å². The molecule has 2 atom stereocenters. The normalized spacial score (nSPS) is 26.1. The van der Waals surface area contributed by atoms with Crippen molar-refractivity contribution >= 4 is 0 Å². The van der Waals surface area contributed by atoms with Gasteiger partial charge in [0.05, 0.1) is 6.61 Å². The monoisotopic (exact) mass is 298 g/mol. The molecule has 1 rings (SSSR count). The minimum Gasteiger partial charge on any atom is -0.394 e. The molecule has 0 aliphatic heterocycles. The summed E-state index contributed by atoms with van der Waals surface area (Å²) in [6.45, 7) is 13.9. The van der Waals surface area contributed by atoms with E-state index in [2.05, 4.69) is 37.9 Å². The van der Waals surface area contributed by atoms with Crippen LogP contribution >= 0.6 is 0 Å². The van der Waals surface area contributed by atoms with Crippen LogP contribution in [0.3, 0.4) is 0 Å². The van der Waals surface area contributed by atoms with E-state index in [1.807, 2.05) is 0 Å².